The number of hydrogen-bond donors (Lipinski definition) is 2. The monoisotopic (exact) mass is 446 g/mol. The molecule has 3 rings (SSSR count). The van der Waals surface area contributed by atoms with E-state index in [1.54, 1.807) is 48.5 Å². The van der Waals surface area contributed by atoms with Crippen molar-refractivity contribution in [3.05, 3.63) is 88.2 Å². The molecule has 0 radical (unpaired) electrons. The van der Waals surface area contributed by atoms with Crippen molar-refractivity contribution in [1.82, 2.24) is 0 Å². The van der Waals surface area contributed by atoms with Crippen molar-refractivity contribution in [2.24, 2.45) is 0 Å². The quantitative estimate of drug-likeness (QED) is 0.503. The van der Waals surface area contributed by atoms with Crippen molar-refractivity contribution >= 4 is 46.4 Å². The summed E-state index contributed by atoms with van der Waals surface area (Å²) in [5, 5.41) is 5.93. The summed E-state index contributed by atoms with van der Waals surface area (Å²) in [6.45, 7) is 1.53. The summed E-state index contributed by atoms with van der Waals surface area (Å²) < 4.78 is 19.4. The second kappa shape index (κ2) is 9.61. The Hall–Kier alpha value is -3.09. The highest BCUT2D eigenvalue weighted by Gasteiger charge is 2.17. The predicted molar refractivity (Wildman–Crippen MR) is 116 cm³/mol. The van der Waals surface area contributed by atoms with E-state index in [-0.39, 0.29) is 16.6 Å². The van der Waals surface area contributed by atoms with Crippen molar-refractivity contribution in [1.29, 1.82) is 0 Å². The number of nitrogens with one attached hydrogen (secondary N) is 2. The molecule has 2 N–H and O–H groups in total. The Morgan fingerprint density at radius 3 is 2.30 bits per heavy atom. The third-order valence-corrected chi connectivity index (χ3v) is 4.54. The Labute approximate surface area is 182 Å². The molecule has 0 aromatic heterocycles. The van der Waals surface area contributed by atoms with Crippen LogP contribution < -0.4 is 15.4 Å². The van der Waals surface area contributed by atoms with Crippen molar-refractivity contribution in [3.8, 4) is 5.75 Å². The lowest BCUT2D eigenvalue weighted by molar-refractivity contribution is -0.122. The average Bonchev–Trinajstić information content (AvgIpc) is 2.70. The molecule has 3 aromatic carbocycles. The van der Waals surface area contributed by atoms with Crippen LogP contribution in [0.3, 0.4) is 0 Å². The van der Waals surface area contributed by atoms with E-state index in [4.69, 9.17) is 27.9 Å². The van der Waals surface area contributed by atoms with Crippen molar-refractivity contribution in [3.63, 3.8) is 0 Å². The third kappa shape index (κ3) is 5.72. The molecule has 5 nitrogen and oxygen atoms in total. The number of carbonyl (C=O) groups excluding carboxylic acids is 2. The van der Waals surface area contributed by atoms with Gasteiger partial charge in [0, 0.05) is 21.3 Å². The first-order chi connectivity index (χ1) is 14.3. The first-order valence-electron chi connectivity index (χ1n) is 8.91. The summed E-state index contributed by atoms with van der Waals surface area (Å²) >= 11 is 11.6. The highest BCUT2D eigenvalue weighted by Crippen LogP contribution is 2.21. The minimum Gasteiger partial charge on any atom is -0.481 e. The van der Waals surface area contributed by atoms with Crippen LogP contribution >= 0.6 is 23.2 Å². The van der Waals surface area contributed by atoms with Gasteiger partial charge in [-0.15, -0.1) is 0 Å². The van der Waals surface area contributed by atoms with Gasteiger partial charge in [0.25, 0.3) is 11.8 Å². The van der Waals surface area contributed by atoms with E-state index in [1.807, 2.05) is 0 Å². The fraction of sp³-hybridized carbons (Fsp3) is 0.0909. The summed E-state index contributed by atoms with van der Waals surface area (Å²) in [7, 11) is 0. The summed E-state index contributed by atoms with van der Waals surface area (Å²) in [5.74, 6) is -1.10. The third-order valence-electron chi connectivity index (χ3n) is 4.07. The van der Waals surface area contributed by atoms with Crippen LogP contribution in [0.1, 0.15) is 17.3 Å². The van der Waals surface area contributed by atoms with Crippen LogP contribution in [-0.4, -0.2) is 17.9 Å². The highest BCUT2D eigenvalue weighted by atomic mass is 35.5. The molecule has 0 aliphatic heterocycles. The molecule has 30 heavy (non-hydrogen) atoms. The van der Waals surface area contributed by atoms with E-state index in [2.05, 4.69) is 10.6 Å². The van der Waals surface area contributed by atoms with Crippen molar-refractivity contribution < 1.29 is 18.7 Å². The molecule has 0 aliphatic rings. The second-order valence-corrected chi connectivity index (χ2v) is 7.24. The van der Waals surface area contributed by atoms with Crippen LogP contribution in [0.2, 0.25) is 10.0 Å². The molecule has 1 atom stereocenters. The number of ether oxygens (including phenoxy) is 1. The lowest BCUT2D eigenvalue weighted by Gasteiger charge is -2.15. The van der Waals surface area contributed by atoms with Gasteiger partial charge in [0.1, 0.15) is 11.6 Å². The molecular formula is C22H17Cl2FN2O3. The Bertz CT molecular complexity index is 1070. The number of carbonyl (C=O) groups is 2. The average molecular weight is 447 g/mol. The zero-order valence-corrected chi connectivity index (χ0v) is 17.3. The first kappa shape index (κ1) is 21.6. The Morgan fingerprint density at radius 2 is 1.63 bits per heavy atom. The van der Waals surface area contributed by atoms with Crippen molar-refractivity contribution in [2.75, 3.05) is 10.6 Å². The SMILES string of the molecule is C[C@H](Oc1ccc(C(=O)Nc2cccc(Cl)c2)cc1)C(=O)Nc1ccc(Cl)cc1F. The van der Waals surface area contributed by atoms with E-state index in [9.17, 15) is 14.0 Å². The summed E-state index contributed by atoms with van der Waals surface area (Å²) in [6.07, 6.45) is -0.897. The van der Waals surface area contributed by atoms with Gasteiger partial charge in [0.15, 0.2) is 6.10 Å². The highest BCUT2D eigenvalue weighted by molar-refractivity contribution is 6.31. The van der Waals surface area contributed by atoms with Gasteiger partial charge in [-0.2, -0.15) is 0 Å². The lowest BCUT2D eigenvalue weighted by Crippen LogP contribution is -2.30. The zero-order valence-electron chi connectivity index (χ0n) is 15.8. The maximum absolute atomic E-state index is 13.8. The second-order valence-electron chi connectivity index (χ2n) is 6.36. The van der Waals surface area contributed by atoms with E-state index >= 15 is 0 Å². The predicted octanol–water partition coefficient (Wildman–Crippen LogP) is 5.79. The van der Waals surface area contributed by atoms with E-state index in [1.165, 1.54) is 19.1 Å². The van der Waals surface area contributed by atoms with Gasteiger partial charge in [0.05, 0.1) is 5.69 Å². The normalized spacial score (nSPS) is 11.5. The molecule has 8 heteroatoms. The smallest absolute Gasteiger partial charge is 0.265 e. The molecular weight excluding hydrogens is 430 g/mol. The van der Waals surface area contributed by atoms with Gasteiger partial charge in [-0.25, -0.2) is 4.39 Å². The fourth-order valence-corrected chi connectivity index (χ4v) is 2.89. The van der Waals surface area contributed by atoms with Gasteiger partial charge in [-0.1, -0.05) is 29.3 Å². The number of rotatable bonds is 6. The van der Waals surface area contributed by atoms with Gasteiger partial charge in [-0.05, 0) is 67.6 Å². The van der Waals surface area contributed by atoms with Crippen LogP contribution in [0.4, 0.5) is 15.8 Å². The van der Waals surface area contributed by atoms with E-state index in [0.29, 0.717) is 22.0 Å². The molecule has 0 aliphatic carbocycles. The number of anilines is 2. The molecule has 2 amide bonds. The maximum atomic E-state index is 13.8. The molecule has 0 heterocycles. The van der Waals surface area contributed by atoms with E-state index in [0.717, 1.165) is 6.07 Å². The maximum Gasteiger partial charge on any atom is 0.265 e. The Kier molecular flexibility index (Phi) is 6.92. The van der Waals surface area contributed by atoms with Gasteiger partial charge < -0.3 is 15.4 Å². The van der Waals surface area contributed by atoms with Crippen LogP contribution in [0.5, 0.6) is 5.75 Å². The minimum absolute atomic E-state index is 0.00730. The topological polar surface area (TPSA) is 67.4 Å². The minimum atomic E-state index is -0.897. The summed E-state index contributed by atoms with van der Waals surface area (Å²) in [4.78, 5) is 24.6. The molecule has 154 valence electrons. The fourth-order valence-electron chi connectivity index (χ4n) is 2.54. The van der Waals surface area contributed by atoms with Crippen LogP contribution in [0.25, 0.3) is 0 Å². The molecule has 0 saturated heterocycles. The number of hydrogen-bond acceptors (Lipinski definition) is 3. The van der Waals surface area contributed by atoms with Gasteiger partial charge in [0.2, 0.25) is 0 Å². The van der Waals surface area contributed by atoms with Gasteiger partial charge in [-0.3, -0.25) is 9.59 Å². The number of amides is 2. The Morgan fingerprint density at radius 1 is 0.933 bits per heavy atom. The number of benzene rings is 3. The largest absolute Gasteiger partial charge is 0.481 e. The van der Waals surface area contributed by atoms with E-state index < -0.39 is 17.8 Å². The molecule has 0 saturated carbocycles. The molecule has 3 aromatic rings. The molecule has 0 unspecified atom stereocenters. The van der Waals surface area contributed by atoms with Crippen LogP contribution in [0.15, 0.2) is 66.7 Å². The zero-order chi connectivity index (χ0) is 21.7. The van der Waals surface area contributed by atoms with Crippen molar-refractivity contribution in [2.45, 2.75) is 13.0 Å². The lowest BCUT2D eigenvalue weighted by atomic mass is 10.2. The molecule has 0 spiro atoms. The molecule has 0 fully saturated rings. The molecule has 0 bridgehead atoms. The first-order valence-corrected chi connectivity index (χ1v) is 9.67. The summed E-state index contributed by atoms with van der Waals surface area (Å²) in [6, 6.07) is 17.0. The standard InChI is InChI=1S/C22H17Cl2FN2O3/c1-13(21(28)27-20-10-7-16(24)12-19(20)25)30-18-8-5-14(6-9-18)22(29)26-17-4-2-3-15(23)11-17/h2-13H,1H3,(H,26,29)(H,27,28)/t13-/m0/s1. The Balaban J connectivity index is 1.59. The van der Waals surface area contributed by atoms with Gasteiger partial charge >= 0.3 is 0 Å². The summed E-state index contributed by atoms with van der Waals surface area (Å²) in [5.41, 5.74) is 0.989. The van der Waals surface area contributed by atoms with Crippen LogP contribution in [0, 0.1) is 5.82 Å². The van der Waals surface area contributed by atoms with Crippen LogP contribution in [-0.2, 0) is 4.79 Å². The number of halogens is 3.